The number of hydrogen-bond donors (Lipinski definition) is 3. The molecule has 0 heterocycles. The molecule has 0 bridgehead atoms. The maximum absolute atomic E-state index is 12.7. The quantitative estimate of drug-likeness (QED) is 0.208. The number of hydrazine groups is 1. The zero-order valence-electron chi connectivity index (χ0n) is 14.8. The van der Waals surface area contributed by atoms with Crippen molar-refractivity contribution in [2.75, 3.05) is 18.5 Å². The molecule has 0 atom stereocenters. The summed E-state index contributed by atoms with van der Waals surface area (Å²) >= 11 is 0. The van der Waals surface area contributed by atoms with Crippen LogP contribution in [0, 0.1) is 0 Å². The molecule has 0 radical (unpaired) electrons. The first-order chi connectivity index (χ1) is 13.5. The molecular formula is C17H17F6N5O. The van der Waals surface area contributed by atoms with Gasteiger partial charge in [-0.25, -0.2) is 11.0 Å². The Labute approximate surface area is 161 Å². The zero-order valence-corrected chi connectivity index (χ0v) is 14.8. The number of alkyl halides is 6. The minimum atomic E-state index is -4.78. The van der Waals surface area contributed by atoms with Crippen molar-refractivity contribution in [1.29, 1.82) is 0 Å². The number of hydrogen-bond acceptors (Lipinski definition) is 5. The SMILES string of the molecule is N/C(=N\N(N)CCOC(F)(F)F)c1ccccc1Nc1ccc(C(F)(F)F)cc1. The molecule has 29 heavy (non-hydrogen) atoms. The number of halogens is 6. The molecule has 12 heteroatoms. The van der Waals surface area contributed by atoms with Gasteiger partial charge in [-0.05, 0) is 36.4 Å². The van der Waals surface area contributed by atoms with Gasteiger partial charge < -0.3 is 11.1 Å². The number of benzene rings is 2. The predicted octanol–water partition coefficient (Wildman–Crippen LogP) is 3.78. The number of para-hydroxylation sites is 1. The molecule has 0 saturated heterocycles. The first-order valence-corrected chi connectivity index (χ1v) is 8.06. The van der Waals surface area contributed by atoms with Gasteiger partial charge in [0, 0.05) is 16.9 Å². The average molecular weight is 421 g/mol. The fourth-order valence-corrected chi connectivity index (χ4v) is 2.21. The molecule has 2 aromatic carbocycles. The fraction of sp³-hybridized carbons (Fsp3) is 0.235. The summed E-state index contributed by atoms with van der Waals surface area (Å²) in [5, 5.41) is 7.38. The average Bonchev–Trinajstić information content (AvgIpc) is 2.60. The predicted molar refractivity (Wildman–Crippen MR) is 94.8 cm³/mol. The van der Waals surface area contributed by atoms with Crippen molar-refractivity contribution in [3.8, 4) is 0 Å². The molecule has 0 aromatic heterocycles. The second kappa shape index (κ2) is 9.01. The molecule has 2 aromatic rings. The van der Waals surface area contributed by atoms with Crippen LogP contribution >= 0.6 is 0 Å². The summed E-state index contributed by atoms with van der Waals surface area (Å²) in [6, 6.07) is 10.8. The Morgan fingerprint density at radius 1 is 1.00 bits per heavy atom. The molecule has 5 N–H and O–H groups in total. The molecule has 0 fully saturated rings. The van der Waals surface area contributed by atoms with Crippen molar-refractivity contribution in [3.63, 3.8) is 0 Å². The van der Waals surface area contributed by atoms with Gasteiger partial charge in [0.1, 0.15) is 0 Å². The molecule has 0 saturated carbocycles. The van der Waals surface area contributed by atoms with E-state index in [4.69, 9.17) is 11.6 Å². The van der Waals surface area contributed by atoms with E-state index in [1.807, 2.05) is 0 Å². The second-order valence-electron chi connectivity index (χ2n) is 5.69. The number of rotatable bonds is 7. The van der Waals surface area contributed by atoms with E-state index in [0.29, 0.717) is 22.1 Å². The van der Waals surface area contributed by atoms with E-state index in [-0.39, 0.29) is 12.4 Å². The molecule has 0 unspecified atom stereocenters. The maximum Gasteiger partial charge on any atom is 0.522 e. The highest BCUT2D eigenvalue weighted by atomic mass is 19.4. The third kappa shape index (κ3) is 7.16. The molecule has 0 aliphatic rings. The highest BCUT2D eigenvalue weighted by Crippen LogP contribution is 2.30. The van der Waals surface area contributed by atoms with Gasteiger partial charge >= 0.3 is 12.5 Å². The minimum absolute atomic E-state index is 0.116. The Bertz CT molecular complexity index is 835. The van der Waals surface area contributed by atoms with Gasteiger partial charge in [0.05, 0.1) is 18.7 Å². The minimum Gasteiger partial charge on any atom is -0.382 e. The smallest absolute Gasteiger partial charge is 0.382 e. The second-order valence-corrected chi connectivity index (χ2v) is 5.69. The van der Waals surface area contributed by atoms with Gasteiger partial charge in [-0.15, -0.1) is 18.3 Å². The van der Waals surface area contributed by atoms with Gasteiger partial charge in [0.15, 0.2) is 5.84 Å². The third-order valence-corrected chi connectivity index (χ3v) is 3.52. The topological polar surface area (TPSA) is 88.9 Å². The Morgan fingerprint density at radius 3 is 2.21 bits per heavy atom. The summed E-state index contributed by atoms with van der Waals surface area (Å²) in [6.45, 7) is -1.13. The number of ether oxygens (including phenoxy) is 1. The Balaban J connectivity index is 2.11. The van der Waals surface area contributed by atoms with E-state index in [1.165, 1.54) is 12.1 Å². The number of amidine groups is 1. The third-order valence-electron chi connectivity index (χ3n) is 3.52. The lowest BCUT2D eigenvalue weighted by Crippen LogP contribution is -2.33. The van der Waals surface area contributed by atoms with Crippen molar-refractivity contribution in [3.05, 3.63) is 59.7 Å². The van der Waals surface area contributed by atoms with E-state index in [1.54, 1.807) is 24.3 Å². The Kier molecular flexibility index (Phi) is 6.93. The van der Waals surface area contributed by atoms with Crippen LogP contribution in [0.2, 0.25) is 0 Å². The zero-order chi connectivity index (χ0) is 21.7. The van der Waals surface area contributed by atoms with Crippen LogP contribution < -0.4 is 16.9 Å². The van der Waals surface area contributed by atoms with E-state index in [9.17, 15) is 26.3 Å². The largest absolute Gasteiger partial charge is 0.522 e. The van der Waals surface area contributed by atoms with Crippen molar-refractivity contribution < 1.29 is 31.1 Å². The summed E-state index contributed by atoms with van der Waals surface area (Å²) < 4.78 is 77.5. The molecule has 0 spiro atoms. The number of nitrogens with one attached hydrogen (secondary N) is 1. The van der Waals surface area contributed by atoms with Crippen LogP contribution in [0.4, 0.5) is 37.7 Å². The number of anilines is 2. The summed E-state index contributed by atoms with van der Waals surface area (Å²) in [5.74, 6) is 5.38. The molecule has 0 aliphatic heterocycles. The van der Waals surface area contributed by atoms with Crippen molar-refractivity contribution in [2.45, 2.75) is 12.5 Å². The number of nitrogens with two attached hydrogens (primary N) is 2. The van der Waals surface area contributed by atoms with Crippen LogP contribution in [-0.4, -0.2) is 30.5 Å². The molecule has 6 nitrogen and oxygen atoms in total. The van der Waals surface area contributed by atoms with Gasteiger partial charge in [-0.3, -0.25) is 4.74 Å². The number of nitrogens with zero attached hydrogens (tertiary/aromatic N) is 2. The van der Waals surface area contributed by atoms with E-state index in [0.717, 1.165) is 12.1 Å². The van der Waals surface area contributed by atoms with Crippen molar-refractivity contribution in [1.82, 2.24) is 5.12 Å². The van der Waals surface area contributed by atoms with Gasteiger partial charge in [0.25, 0.3) is 0 Å². The van der Waals surface area contributed by atoms with Gasteiger partial charge in [-0.2, -0.15) is 13.2 Å². The standard InChI is InChI=1S/C17H17F6N5O/c18-16(19,20)11-5-7-12(8-6-11)26-14-4-2-1-3-13(14)15(24)27-28(25)9-10-29-17(21,22)23/h1-8,26H,9-10,25H2,(H2,24,27). The Morgan fingerprint density at radius 2 is 1.62 bits per heavy atom. The maximum atomic E-state index is 12.7. The fourth-order valence-electron chi connectivity index (χ4n) is 2.21. The van der Waals surface area contributed by atoms with Crippen LogP contribution in [0.15, 0.2) is 53.6 Å². The molecule has 0 amide bonds. The van der Waals surface area contributed by atoms with Gasteiger partial charge in [0.2, 0.25) is 0 Å². The van der Waals surface area contributed by atoms with Crippen LogP contribution in [0.3, 0.4) is 0 Å². The molecular weight excluding hydrogens is 404 g/mol. The monoisotopic (exact) mass is 421 g/mol. The highest BCUT2D eigenvalue weighted by molar-refractivity contribution is 6.02. The van der Waals surface area contributed by atoms with E-state index >= 15 is 0 Å². The highest BCUT2D eigenvalue weighted by Gasteiger charge is 2.30. The van der Waals surface area contributed by atoms with Crippen molar-refractivity contribution in [2.24, 2.45) is 16.7 Å². The normalized spacial score (nSPS) is 12.7. The summed E-state index contributed by atoms with van der Waals surface area (Å²) in [7, 11) is 0. The number of hydrazone groups is 1. The summed E-state index contributed by atoms with van der Waals surface area (Å²) in [5.41, 5.74) is 6.19. The van der Waals surface area contributed by atoms with Gasteiger partial charge in [-0.1, -0.05) is 12.1 Å². The molecule has 2 rings (SSSR count). The van der Waals surface area contributed by atoms with Crippen LogP contribution in [0.5, 0.6) is 0 Å². The lowest BCUT2D eigenvalue weighted by Gasteiger charge is -2.16. The molecule has 158 valence electrons. The summed E-state index contributed by atoms with van der Waals surface area (Å²) in [6.07, 6.45) is -9.23. The van der Waals surface area contributed by atoms with Crippen LogP contribution in [0.1, 0.15) is 11.1 Å². The Hall–Kier alpha value is -2.99. The first kappa shape index (κ1) is 22.3. The van der Waals surface area contributed by atoms with Crippen molar-refractivity contribution >= 4 is 17.2 Å². The van der Waals surface area contributed by atoms with Crippen LogP contribution in [0.25, 0.3) is 0 Å². The lowest BCUT2D eigenvalue weighted by atomic mass is 10.1. The van der Waals surface area contributed by atoms with E-state index in [2.05, 4.69) is 15.2 Å². The van der Waals surface area contributed by atoms with Crippen LogP contribution in [-0.2, 0) is 10.9 Å². The molecule has 0 aliphatic carbocycles. The first-order valence-electron chi connectivity index (χ1n) is 8.06. The lowest BCUT2D eigenvalue weighted by molar-refractivity contribution is -0.325. The van der Waals surface area contributed by atoms with E-state index < -0.39 is 24.7 Å². The summed E-state index contributed by atoms with van der Waals surface area (Å²) in [4.78, 5) is 0.